The standard InChI is InChI=1S/C21H34O2/c1-16-9-7-10-17(2)15-18(3)11-8-12-19(4)21(5,6)23-20(22)14-13-16/h8-9,12,15,18-19H,7,10-11,13-14H2,1-6H3/b12-8+,16-9+,17-15+/t18-,19-/m0/s1. The fourth-order valence-electron chi connectivity index (χ4n) is 2.75. The highest BCUT2D eigenvalue weighted by atomic mass is 16.6. The third-order valence-corrected chi connectivity index (χ3v) is 4.73. The molecule has 0 unspecified atom stereocenters. The third kappa shape index (κ3) is 7.67. The SMILES string of the molecule is C/C1=C\[C@@H](C)C/C=C/[C@H](C)C(C)(C)OC(=O)CC/C(C)=C/CC1. The third-order valence-electron chi connectivity index (χ3n) is 4.73. The van der Waals surface area contributed by atoms with Crippen LogP contribution in [0.1, 0.15) is 73.6 Å². The van der Waals surface area contributed by atoms with Crippen LogP contribution < -0.4 is 0 Å². The van der Waals surface area contributed by atoms with E-state index in [1.54, 1.807) is 0 Å². The zero-order valence-corrected chi connectivity index (χ0v) is 15.8. The molecule has 2 nitrogen and oxygen atoms in total. The number of cyclic esters (lactones) is 1. The minimum Gasteiger partial charge on any atom is -0.459 e. The number of carbonyl (C=O) groups is 1. The first-order chi connectivity index (χ1) is 10.7. The lowest BCUT2D eigenvalue weighted by atomic mass is 9.91. The molecule has 0 saturated carbocycles. The van der Waals surface area contributed by atoms with E-state index < -0.39 is 5.60 Å². The van der Waals surface area contributed by atoms with Gasteiger partial charge in [-0.15, -0.1) is 0 Å². The topological polar surface area (TPSA) is 26.3 Å². The second kappa shape index (κ2) is 9.10. The number of hydrogen-bond donors (Lipinski definition) is 0. The zero-order chi connectivity index (χ0) is 17.5. The lowest BCUT2D eigenvalue weighted by Crippen LogP contribution is -2.34. The molecular weight excluding hydrogens is 284 g/mol. The van der Waals surface area contributed by atoms with Crippen molar-refractivity contribution in [2.45, 2.75) is 79.2 Å². The molecule has 2 heteroatoms. The number of carbonyl (C=O) groups excluding carboxylic acids is 1. The number of esters is 1. The zero-order valence-electron chi connectivity index (χ0n) is 15.8. The average molecular weight is 319 g/mol. The van der Waals surface area contributed by atoms with Crippen molar-refractivity contribution in [2.75, 3.05) is 0 Å². The van der Waals surface area contributed by atoms with Crippen molar-refractivity contribution in [3.8, 4) is 0 Å². The van der Waals surface area contributed by atoms with Crippen molar-refractivity contribution >= 4 is 5.97 Å². The molecule has 0 bridgehead atoms. The van der Waals surface area contributed by atoms with Gasteiger partial charge in [-0.2, -0.15) is 0 Å². The van der Waals surface area contributed by atoms with E-state index in [0.29, 0.717) is 12.3 Å². The van der Waals surface area contributed by atoms with Crippen molar-refractivity contribution < 1.29 is 9.53 Å². The molecule has 0 N–H and O–H groups in total. The Bertz CT molecular complexity index is 480. The Labute approximate surface area is 142 Å². The molecule has 130 valence electrons. The molecule has 23 heavy (non-hydrogen) atoms. The van der Waals surface area contributed by atoms with Crippen LogP contribution in [0.3, 0.4) is 0 Å². The molecule has 1 aliphatic rings. The van der Waals surface area contributed by atoms with E-state index in [1.165, 1.54) is 11.1 Å². The van der Waals surface area contributed by atoms with E-state index in [9.17, 15) is 4.79 Å². The summed E-state index contributed by atoms with van der Waals surface area (Å²) < 4.78 is 5.71. The van der Waals surface area contributed by atoms with Crippen LogP contribution in [0.15, 0.2) is 35.5 Å². The van der Waals surface area contributed by atoms with Crippen LogP contribution in [0.5, 0.6) is 0 Å². The minimum absolute atomic E-state index is 0.0976. The normalized spacial score (nSPS) is 33.7. The highest BCUT2D eigenvalue weighted by Gasteiger charge is 2.28. The summed E-state index contributed by atoms with van der Waals surface area (Å²) >= 11 is 0. The van der Waals surface area contributed by atoms with Gasteiger partial charge in [0.05, 0.1) is 0 Å². The summed E-state index contributed by atoms with van der Waals surface area (Å²) in [5, 5.41) is 0. The predicted molar refractivity (Wildman–Crippen MR) is 98.2 cm³/mol. The Morgan fingerprint density at radius 2 is 1.78 bits per heavy atom. The van der Waals surface area contributed by atoms with E-state index in [-0.39, 0.29) is 11.9 Å². The van der Waals surface area contributed by atoms with Crippen molar-refractivity contribution in [2.24, 2.45) is 11.8 Å². The molecule has 0 aliphatic carbocycles. The minimum atomic E-state index is -0.461. The van der Waals surface area contributed by atoms with Crippen LogP contribution >= 0.6 is 0 Å². The van der Waals surface area contributed by atoms with Crippen molar-refractivity contribution in [3.05, 3.63) is 35.5 Å². The number of allylic oxidation sites excluding steroid dienone is 5. The molecule has 2 atom stereocenters. The summed E-state index contributed by atoms with van der Waals surface area (Å²) in [6.07, 6.45) is 13.5. The smallest absolute Gasteiger partial charge is 0.306 e. The lowest BCUT2D eigenvalue weighted by molar-refractivity contribution is -0.159. The van der Waals surface area contributed by atoms with Crippen molar-refractivity contribution in [1.82, 2.24) is 0 Å². The van der Waals surface area contributed by atoms with Crippen LogP contribution in [-0.4, -0.2) is 11.6 Å². The van der Waals surface area contributed by atoms with E-state index in [1.807, 2.05) is 13.8 Å². The number of rotatable bonds is 0. The molecule has 0 aromatic carbocycles. The molecule has 0 saturated heterocycles. The van der Waals surface area contributed by atoms with Gasteiger partial charge in [0.25, 0.3) is 0 Å². The van der Waals surface area contributed by atoms with Crippen molar-refractivity contribution in [1.29, 1.82) is 0 Å². The molecule has 0 aromatic rings. The molecule has 0 amide bonds. The Morgan fingerprint density at radius 3 is 2.48 bits per heavy atom. The first-order valence-electron chi connectivity index (χ1n) is 8.92. The molecule has 0 spiro atoms. The van der Waals surface area contributed by atoms with E-state index in [2.05, 4.69) is 52.0 Å². The first kappa shape index (κ1) is 19.7. The number of hydrogen-bond acceptors (Lipinski definition) is 2. The summed E-state index contributed by atoms with van der Waals surface area (Å²) in [5.41, 5.74) is 2.27. The number of ether oxygens (including phenoxy) is 1. The van der Waals surface area contributed by atoms with E-state index in [4.69, 9.17) is 4.74 Å². The summed E-state index contributed by atoms with van der Waals surface area (Å²) in [6, 6.07) is 0. The lowest BCUT2D eigenvalue weighted by Gasteiger charge is -2.30. The van der Waals surface area contributed by atoms with Gasteiger partial charge in [-0.05, 0) is 59.3 Å². The molecular formula is C21H34O2. The van der Waals surface area contributed by atoms with Gasteiger partial charge in [-0.3, -0.25) is 4.79 Å². The Hall–Kier alpha value is -1.31. The monoisotopic (exact) mass is 318 g/mol. The molecule has 1 rings (SSSR count). The van der Waals surface area contributed by atoms with Gasteiger partial charge in [0.1, 0.15) is 5.60 Å². The van der Waals surface area contributed by atoms with Crippen LogP contribution in [0.25, 0.3) is 0 Å². The molecule has 1 aliphatic heterocycles. The predicted octanol–water partition coefficient (Wildman–Crippen LogP) is 5.99. The maximum atomic E-state index is 12.1. The van der Waals surface area contributed by atoms with Gasteiger partial charge >= 0.3 is 5.97 Å². The largest absolute Gasteiger partial charge is 0.459 e. The highest BCUT2D eigenvalue weighted by molar-refractivity contribution is 5.70. The summed E-state index contributed by atoms with van der Waals surface area (Å²) in [4.78, 5) is 12.1. The fourth-order valence-corrected chi connectivity index (χ4v) is 2.75. The Kier molecular flexibility index (Phi) is 7.81. The van der Waals surface area contributed by atoms with Gasteiger partial charge in [-0.25, -0.2) is 0 Å². The summed E-state index contributed by atoms with van der Waals surface area (Å²) in [7, 11) is 0. The quantitative estimate of drug-likeness (QED) is 0.405. The highest BCUT2D eigenvalue weighted by Crippen LogP contribution is 2.25. The van der Waals surface area contributed by atoms with Crippen molar-refractivity contribution in [3.63, 3.8) is 0 Å². The Morgan fingerprint density at radius 1 is 1.09 bits per heavy atom. The molecule has 0 aromatic heterocycles. The van der Waals surface area contributed by atoms with Gasteiger partial charge < -0.3 is 4.74 Å². The van der Waals surface area contributed by atoms with Gasteiger partial charge in [-0.1, -0.05) is 49.3 Å². The van der Waals surface area contributed by atoms with Crippen LogP contribution in [0.4, 0.5) is 0 Å². The summed E-state index contributed by atoms with van der Waals surface area (Å²) in [6.45, 7) is 12.7. The van der Waals surface area contributed by atoms with Crippen LogP contribution in [0.2, 0.25) is 0 Å². The summed E-state index contributed by atoms with van der Waals surface area (Å²) in [5.74, 6) is 0.648. The second-order valence-electron chi connectivity index (χ2n) is 7.61. The van der Waals surface area contributed by atoms with E-state index in [0.717, 1.165) is 25.7 Å². The second-order valence-corrected chi connectivity index (χ2v) is 7.61. The van der Waals surface area contributed by atoms with Crippen LogP contribution in [0, 0.1) is 11.8 Å². The average Bonchev–Trinajstić information content (AvgIpc) is 2.43. The Balaban J connectivity index is 2.89. The first-order valence-corrected chi connectivity index (χ1v) is 8.92. The molecule has 0 radical (unpaired) electrons. The molecule has 0 fully saturated rings. The maximum Gasteiger partial charge on any atom is 0.306 e. The fraction of sp³-hybridized carbons (Fsp3) is 0.667. The van der Waals surface area contributed by atoms with Gasteiger partial charge in [0.2, 0.25) is 0 Å². The van der Waals surface area contributed by atoms with Gasteiger partial charge in [0.15, 0.2) is 0 Å². The van der Waals surface area contributed by atoms with Crippen LogP contribution in [-0.2, 0) is 9.53 Å². The molecule has 1 heterocycles. The van der Waals surface area contributed by atoms with E-state index >= 15 is 0 Å². The maximum absolute atomic E-state index is 12.1. The van der Waals surface area contributed by atoms with Gasteiger partial charge in [0, 0.05) is 12.3 Å².